The second-order valence-corrected chi connectivity index (χ2v) is 8.28. The van der Waals surface area contributed by atoms with Crippen molar-refractivity contribution in [2.45, 2.75) is 51.0 Å². The molecule has 2 fully saturated rings. The van der Waals surface area contributed by atoms with Gasteiger partial charge in [0.05, 0.1) is 6.54 Å². The number of carbonyl (C=O) groups excluding carboxylic acids is 2. The van der Waals surface area contributed by atoms with Gasteiger partial charge in [0, 0.05) is 32.1 Å². The van der Waals surface area contributed by atoms with Crippen LogP contribution in [0, 0.1) is 11.5 Å². The first kappa shape index (κ1) is 22.6. The Hall–Kier alpha value is -3.08. The summed E-state index contributed by atoms with van der Waals surface area (Å²) in [6.45, 7) is 4.83. The Morgan fingerprint density at radius 3 is 2.61 bits per heavy atom. The van der Waals surface area contributed by atoms with E-state index in [1.165, 1.54) is 5.56 Å². The van der Waals surface area contributed by atoms with Gasteiger partial charge in [0.1, 0.15) is 6.04 Å². The second-order valence-electron chi connectivity index (χ2n) is 8.28. The van der Waals surface area contributed by atoms with Crippen molar-refractivity contribution in [3.8, 4) is 6.19 Å². The molecule has 2 aliphatic rings. The van der Waals surface area contributed by atoms with E-state index in [0.717, 1.165) is 38.8 Å². The number of aliphatic imine (C=N–C) groups is 1. The summed E-state index contributed by atoms with van der Waals surface area (Å²) in [5.41, 5.74) is 1.17. The first-order valence-corrected chi connectivity index (χ1v) is 11.2. The van der Waals surface area contributed by atoms with Crippen molar-refractivity contribution in [2.75, 3.05) is 32.7 Å². The molecule has 8 nitrogen and oxygen atoms in total. The fraction of sp³-hybridized carbons (Fsp3) is 0.565. The van der Waals surface area contributed by atoms with Crippen LogP contribution >= 0.6 is 0 Å². The van der Waals surface area contributed by atoms with Crippen LogP contribution in [0.2, 0.25) is 0 Å². The number of hydrogen-bond acceptors (Lipinski definition) is 4. The van der Waals surface area contributed by atoms with Crippen LogP contribution in [-0.2, 0) is 9.59 Å². The average molecular weight is 425 g/mol. The monoisotopic (exact) mass is 424 g/mol. The molecule has 0 radical (unpaired) electrons. The topological polar surface area (TPSA) is 101 Å². The highest BCUT2D eigenvalue weighted by molar-refractivity contribution is 5.92. The van der Waals surface area contributed by atoms with E-state index in [1.54, 1.807) is 4.90 Å². The third-order valence-electron chi connectivity index (χ3n) is 5.94. The van der Waals surface area contributed by atoms with Gasteiger partial charge in [-0.05, 0) is 37.7 Å². The van der Waals surface area contributed by atoms with Gasteiger partial charge in [0.25, 0.3) is 0 Å². The molecule has 1 aromatic carbocycles. The van der Waals surface area contributed by atoms with Crippen LogP contribution in [-0.4, -0.2) is 66.3 Å². The summed E-state index contributed by atoms with van der Waals surface area (Å²) < 4.78 is 0. The Bertz CT molecular complexity index is 813. The zero-order chi connectivity index (χ0) is 22.1. The lowest BCUT2D eigenvalue weighted by molar-refractivity contribution is -0.140. The van der Waals surface area contributed by atoms with Crippen LogP contribution in [0.1, 0.15) is 50.5 Å². The zero-order valence-electron chi connectivity index (χ0n) is 18.2. The van der Waals surface area contributed by atoms with E-state index < -0.39 is 6.04 Å². The summed E-state index contributed by atoms with van der Waals surface area (Å²) in [6, 6.07) is 9.56. The smallest absolute Gasteiger partial charge is 0.245 e. The van der Waals surface area contributed by atoms with Crippen LogP contribution in [0.4, 0.5) is 0 Å². The van der Waals surface area contributed by atoms with E-state index in [-0.39, 0.29) is 24.3 Å². The molecule has 0 spiro atoms. The molecular weight excluding hydrogens is 392 g/mol. The molecule has 2 saturated heterocycles. The molecule has 166 valence electrons. The van der Waals surface area contributed by atoms with E-state index in [4.69, 9.17) is 5.26 Å². The van der Waals surface area contributed by atoms with Crippen LogP contribution in [0.5, 0.6) is 0 Å². The fourth-order valence-corrected chi connectivity index (χ4v) is 4.08. The molecule has 2 N–H and O–H groups in total. The van der Waals surface area contributed by atoms with Gasteiger partial charge in [0.15, 0.2) is 6.19 Å². The molecule has 1 unspecified atom stereocenters. The summed E-state index contributed by atoms with van der Waals surface area (Å²) in [4.78, 5) is 33.7. The summed E-state index contributed by atoms with van der Waals surface area (Å²) in [5, 5.41) is 14.8. The molecule has 2 atom stereocenters. The highest BCUT2D eigenvalue weighted by atomic mass is 16.2. The predicted octanol–water partition coefficient (Wildman–Crippen LogP) is 1.81. The minimum Gasteiger partial charge on any atom is -0.344 e. The Labute approximate surface area is 184 Å². The van der Waals surface area contributed by atoms with Crippen molar-refractivity contribution in [3.63, 3.8) is 0 Å². The molecule has 31 heavy (non-hydrogen) atoms. The Morgan fingerprint density at radius 1 is 1.19 bits per heavy atom. The normalized spacial score (nSPS) is 20.7. The van der Waals surface area contributed by atoms with Crippen molar-refractivity contribution in [3.05, 3.63) is 35.9 Å². The average Bonchev–Trinajstić information content (AvgIpc) is 3.28. The number of carbonyl (C=O) groups is 2. The molecule has 3 rings (SSSR count). The van der Waals surface area contributed by atoms with Gasteiger partial charge in [-0.2, -0.15) is 5.26 Å². The van der Waals surface area contributed by atoms with Crippen LogP contribution < -0.4 is 10.6 Å². The number of nitrogens with one attached hydrogen (secondary N) is 2. The highest BCUT2D eigenvalue weighted by Gasteiger charge is 2.30. The van der Waals surface area contributed by atoms with E-state index in [1.807, 2.05) is 29.3 Å². The third kappa shape index (κ3) is 6.45. The predicted molar refractivity (Wildman–Crippen MR) is 119 cm³/mol. The number of guanidine groups is 1. The molecule has 0 saturated carbocycles. The van der Waals surface area contributed by atoms with Crippen LogP contribution in [0.15, 0.2) is 35.3 Å². The quantitative estimate of drug-likeness (QED) is 0.314. The number of nitriles is 1. The number of likely N-dealkylation sites (tertiary alicyclic amines) is 2. The van der Waals surface area contributed by atoms with Crippen molar-refractivity contribution in [1.82, 2.24) is 20.4 Å². The van der Waals surface area contributed by atoms with E-state index in [2.05, 4.69) is 34.7 Å². The summed E-state index contributed by atoms with van der Waals surface area (Å²) in [6.07, 6.45) is 6.35. The van der Waals surface area contributed by atoms with E-state index >= 15 is 0 Å². The summed E-state index contributed by atoms with van der Waals surface area (Å²) in [5.74, 6) is 0.398. The fourth-order valence-electron chi connectivity index (χ4n) is 4.08. The molecule has 0 bridgehead atoms. The maximum atomic E-state index is 13.1. The minimum absolute atomic E-state index is 0.0206. The molecule has 2 heterocycles. The molecule has 2 amide bonds. The standard InChI is InChI=1S/C23H32N6O2/c1-18(19-9-3-2-4-10-19)15-25-23(26-17-24)27-20-11-5-6-14-29(22(20)31)16-21(30)28-12-7-8-13-28/h2-4,9-10,18,20H,5-8,11-16H2,1H3,(H2,25,26,27)/t18?,20-/m0/s1. The molecule has 1 aromatic rings. The van der Waals surface area contributed by atoms with Gasteiger partial charge >= 0.3 is 0 Å². The minimum atomic E-state index is -0.500. The molecule has 2 aliphatic heterocycles. The number of hydrogen-bond donors (Lipinski definition) is 2. The second kappa shape index (κ2) is 11.3. The van der Waals surface area contributed by atoms with Crippen molar-refractivity contribution in [1.29, 1.82) is 5.26 Å². The van der Waals surface area contributed by atoms with Gasteiger partial charge in [-0.25, -0.2) is 0 Å². The summed E-state index contributed by atoms with van der Waals surface area (Å²) in [7, 11) is 0. The number of benzene rings is 1. The molecule has 8 heteroatoms. The molecule has 0 aromatic heterocycles. The Morgan fingerprint density at radius 2 is 1.90 bits per heavy atom. The van der Waals surface area contributed by atoms with Gasteiger partial charge < -0.3 is 15.1 Å². The first-order valence-electron chi connectivity index (χ1n) is 11.2. The van der Waals surface area contributed by atoms with Crippen LogP contribution in [0.25, 0.3) is 0 Å². The van der Waals surface area contributed by atoms with Gasteiger partial charge in [-0.15, -0.1) is 0 Å². The zero-order valence-corrected chi connectivity index (χ0v) is 18.2. The van der Waals surface area contributed by atoms with Gasteiger partial charge in [-0.1, -0.05) is 37.3 Å². The first-order chi connectivity index (χ1) is 15.1. The lowest BCUT2D eigenvalue weighted by atomic mass is 10.0. The Kier molecular flexibility index (Phi) is 8.27. The lowest BCUT2D eigenvalue weighted by Crippen LogP contribution is -2.52. The number of nitrogens with zero attached hydrogens (tertiary/aromatic N) is 4. The Balaban J connectivity index is 1.63. The largest absolute Gasteiger partial charge is 0.344 e. The van der Waals surface area contributed by atoms with Crippen molar-refractivity contribution >= 4 is 17.8 Å². The summed E-state index contributed by atoms with van der Waals surface area (Å²) >= 11 is 0. The van der Waals surface area contributed by atoms with Gasteiger partial charge in [-0.3, -0.25) is 19.9 Å². The highest BCUT2D eigenvalue weighted by Crippen LogP contribution is 2.16. The maximum Gasteiger partial charge on any atom is 0.245 e. The van der Waals surface area contributed by atoms with E-state index in [9.17, 15) is 9.59 Å². The molecular formula is C23H32N6O2. The number of rotatable bonds is 6. The van der Waals surface area contributed by atoms with Crippen LogP contribution in [0.3, 0.4) is 0 Å². The lowest BCUT2D eigenvalue weighted by Gasteiger charge is -2.27. The van der Waals surface area contributed by atoms with Crippen molar-refractivity contribution in [2.24, 2.45) is 4.99 Å². The van der Waals surface area contributed by atoms with Gasteiger partial charge in [0.2, 0.25) is 17.8 Å². The maximum absolute atomic E-state index is 13.1. The molecule has 0 aliphatic carbocycles. The number of amides is 2. The third-order valence-corrected chi connectivity index (χ3v) is 5.94. The van der Waals surface area contributed by atoms with Crippen molar-refractivity contribution < 1.29 is 9.59 Å². The SMILES string of the molecule is CC(CN=C(NC#N)N[C@H]1CCCCN(CC(=O)N2CCCC2)C1=O)c1ccccc1. The van der Waals surface area contributed by atoms with E-state index in [0.29, 0.717) is 25.5 Å².